The summed E-state index contributed by atoms with van der Waals surface area (Å²) in [6, 6.07) is 7.85. The van der Waals surface area contributed by atoms with Gasteiger partial charge in [-0.2, -0.15) is 0 Å². The number of ether oxygens (including phenoxy) is 1. The van der Waals surface area contributed by atoms with Crippen LogP contribution >= 0.6 is 0 Å². The predicted molar refractivity (Wildman–Crippen MR) is 66.6 cm³/mol. The molecule has 0 aliphatic carbocycles. The van der Waals surface area contributed by atoms with Gasteiger partial charge >= 0.3 is 0 Å². The molecule has 1 rings (SSSR count). The molecule has 0 bridgehead atoms. The van der Waals surface area contributed by atoms with Crippen LogP contribution in [0.1, 0.15) is 24.9 Å². The standard InChI is InChI=1S/C12H21N3O/c1-9(7-8-16-2)12(15-14)10-5-3-4-6-11(10)13/h3-6,9,12,15H,7-8,13-14H2,1-2H3. The molecule has 5 N–H and O–H groups in total. The van der Waals surface area contributed by atoms with Crippen molar-refractivity contribution in [1.82, 2.24) is 5.43 Å². The van der Waals surface area contributed by atoms with Crippen LogP contribution in [0.5, 0.6) is 0 Å². The van der Waals surface area contributed by atoms with E-state index >= 15 is 0 Å². The third kappa shape index (κ3) is 3.20. The van der Waals surface area contributed by atoms with E-state index in [4.69, 9.17) is 16.3 Å². The van der Waals surface area contributed by atoms with Crippen LogP contribution in [-0.2, 0) is 4.74 Å². The number of nitrogens with two attached hydrogens (primary N) is 2. The van der Waals surface area contributed by atoms with E-state index < -0.39 is 0 Å². The highest BCUT2D eigenvalue weighted by Gasteiger charge is 2.19. The zero-order chi connectivity index (χ0) is 12.0. The number of nitrogen functional groups attached to an aromatic ring is 1. The van der Waals surface area contributed by atoms with E-state index in [9.17, 15) is 0 Å². The first-order valence-electron chi connectivity index (χ1n) is 5.50. The quantitative estimate of drug-likeness (QED) is 0.388. The fraction of sp³-hybridized carbons (Fsp3) is 0.500. The average molecular weight is 223 g/mol. The van der Waals surface area contributed by atoms with Gasteiger partial charge in [0.25, 0.3) is 0 Å². The van der Waals surface area contributed by atoms with E-state index in [2.05, 4.69) is 12.3 Å². The normalized spacial score (nSPS) is 14.7. The van der Waals surface area contributed by atoms with Crippen LogP contribution < -0.4 is 17.0 Å². The molecule has 4 nitrogen and oxygen atoms in total. The Balaban J connectivity index is 2.77. The fourth-order valence-corrected chi connectivity index (χ4v) is 1.83. The lowest BCUT2D eigenvalue weighted by atomic mass is 9.91. The molecular weight excluding hydrogens is 202 g/mol. The predicted octanol–water partition coefficient (Wildman–Crippen LogP) is 1.45. The number of para-hydroxylation sites is 1. The molecule has 0 spiro atoms. The van der Waals surface area contributed by atoms with Crippen molar-refractivity contribution in [2.24, 2.45) is 11.8 Å². The van der Waals surface area contributed by atoms with Crippen molar-refractivity contribution in [3.8, 4) is 0 Å². The lowest BCUT2D eigenvalue weighted by Gasteiger charge is -2.24. The molecule has 1 aromatic rings. The number of methoxy groups -OCH3 is 1. The van der Waals surface area contributed by atoms with Crippen molar-refractivity contribution in [2.45, 2.75) is 19.4 Å². The van der Waals surface area contributed by atoms with Crippen LogP contribution in [0, 0.1) is 5.92 Å². The molecule has 2 atom stereocenters. The highest BCUT2D eigenvalue weighted by Crippen LogP contribution is 2.27. The molecule has 0 saturated heterocycles. The minimum Gasteiger partial charge on any atom is -0.398 e. The Bertz CT molecular complexity index is 317. The first kappa shape index (κ1) is 13.0. The molecule has 0 fully saturated rings. The maximum absolute atomic E-state index is 5.94. The highest BCUT2D eigenvalue weighted by molar-refractivity contribution is 5.48. The van der Waals surface area contributed by atoms with E-state index in [1.54, 1.807) is 7.11 Å². The first-order valence-corrected chi connectivity index (χ1v) is 5.50. The van der Waals surface area contributed by atoms with Crippen LogP contribution in [-0.4, -0.2) is 13.7 Å². The second kappa shape index (κ2) is 6.48. The van der Waals surface area contributed by atoms with Crippen molar-refractivity contribution in [3.63, 3.8) is 0 Å². The van der Waals surface area contributed by atoms with Crippen LogP contribution in [0.2, 0.25) is 0 Å². The van der Waals surface area contributed by atoms with Gasteiger partial charge in [0.15, 0.2) is 0 Å². The molecule has 16 heavy (non-hydrogen) atoms. The van der Waals surface area contributed by atoms with E-state index in [0.29, 0.717) is 5.92 Å². The van der Waals surface area contributed by atoms with Crippen LogP contribution in [0.3, 0.4) is 0 Å². The summed E-state index contributed by atoms with van der Waals surface area (Å²) in [6.07, 6.45) is 0.944. The van der Waals surface area contributed by atoms with Crippen molar-refractivity contribution in [2.75, 3.05) is 19.5 Å². The van der Waals surface area contributed by atoms with Crippen molar-refractivity contribution >= 4 is 5.69 Å². The molecule has 0 aliphatic rings. The van der Waals surface area contributed by atoms with Gasteiger partial charge in [-0.05, 0) is 24.0 Å². The second-order valence-electron chi connectivity index (χ2n) is 4.03. The Morgan fingerprint density at radius 1 is 1.38 bits per heavy atom. The van der Waals surface area contributed by atoms with Crippen molar-refractivity contribution in [1.29, 1.82) is 0 Å². The van der Waals surface area contributed by atoms with Gasteiger partial charge in [0.1, 0.15) is 0 Å². The largest absolute Gasteiger partial charge is 0.398 e. The number of hydrogen-bond donors (Lipinski definition) is 3. The lowest BCUT2D eigenvalue weighted by Crippen LogP contribution is -2.33. The summed E-state index contributed by atoms with van der Waals surface area (Å²) in [4.78, 5) is 0. The SMILES string of the molecule is COCCC(C)C(NN)c1ccccc1N. The summed E-state index contributed by atoms with van der Waals surface area (Å²) in [5, 5.41) is 0. The Labute approximate surface area is 96.9 Å². The Kier molecular flexibility index (Phi) is 5.25. The smallest absolute Gasteiger partial charge is 0.0506 e. The van der Waals surface area contributed by atoms with Crippen LogP contribution in [0.15, 0.2) is 24.3 Å². The van der Waals surface area contributed by atoms with Gasteiger partial charge in [0.2, 0.25) is 0 Å². The monoisotopic (exact) mass is 223 g/mol. The zero-order valence-corrected chi connectivity index (χ0v) is 9.94. The van der Waals surface area contributed by atoms with Gasteiger partial charge in [-0.1, -0.05) is 25.1 Å². The van der Waals surface area contributed by atoms with E-state index in [-0.39, 0.29) is 6.04 Å². The Morgan fingerprint density at radius 2 is 2.06 bits per heavy atom. The topological polar surface area (TPSA) is 73.3 Å². The van der Waals surface area contributed by atoms with Gasteiger partial charge in [-0.15, -0.1) is 0 Å². The molecule has 90 valence electrons. The van der Waals surface area contributed by atoms with Gasteiger partial charge in [-0.3, -0.25) is 11.3 Å². The highest BCUT2D eigenvalue weighted by atomic mass is 16.5. The number of anilines is 1. The third-order valence-electron chi connectivity index (χ3n) is 2.86. The van der Waals surface area contributed by atoms with Gasteiger partial charge in [0.05, 0.1) is 6.04 Å². The van der Waals surface area contributed by atoms with E-state index in [1.807, 2.05) is 24.3 Å². The minimum absolute atomic E-state index is 0.0661. The number of rotatable bonds is 6. The molecule has 0 aromatic heterocycles. The number of hydrogen-bond acceptors (Lipinski definition) is 4. The molecule has 0 radical (unpaired) electrons. The summed E-state index contributed by atoms with van der Waals surface area (Å²) in [5.74, 6) is 5.97. The second-order valence-corrected chi connectivity index (χ2v) is 4.03. The number of benzene rings is 1. The van der Waals surface area contributed by atoms with Crippen LogP contribution in [0.4, 0.5) is 5.69 Å². The first-order chi connectivity index (χ1) is 7.70. The fourth-order valence-electron chi connectivity index (χ4n) is 1.83. The number of nitrogens with one attached hydrogen (secondary N) is 1. The van der Waals surface area contributed by atoms with Crippen molar-refractivity contribution in [3.05, 3.63) is 29.8 Å². The Hall–Kier alpha value is -1.10. The minimum atomic E-state index is 0.0661. The molecule has 0 saturated carbocycles. The molecule has 4 heteroatoms. The number of hydrazine groups is 1. The third-order valence-corrected chi connectivity index (χ3v) is 2.86. The average Bonchev–Trinajstić information content (AvgIpc) is 2.30. The summed E-state index contributed by atoms with van der Waals surface area (Å²) < 4.78 is 5.07. The summed E-state index contributed by atoms with van der Waals surface area (Å²) >= 11 is 0. The van der Waals surface area contributed by atoms with Crippen molar-refractivity contribution < 1.29 is 4.74 Å². The van der Waals surface area contributed by atoms with Gasteiger partial charge in [-0.25, -0.2) is 0 Å². The maximum atomic E-state index is 5.94. The summed E-state index contributed by atoms with van der Waals surface area (Å²) in [7, 11) is 1.70. The van der Waals surface area contributed by atoms with Gasteiger partial charge < -0.3 is 10.5 Å². The Morgan fingerprint density at radius 3 is 2.62 bits per heavy atom. The molecule has 0 heterocycles. The lowest BCUT2D eigenvalue weighted by molar-refractivity contribution is 0.170. The van der Waals surface area contributed by atoms with E-state index in [1.165, 1.54) is 0 Å². The van der Waals surface area contributed by atoms with Gasteiger partial charge in [0, 0.05) is 19.4 Å². The summed E-state index contributed by atoms with van der Waals surface area (Å²) in [6.45, 7) is 2.86. The zero-order valence-electron chi connectivity index (χ0n) is 9.94. The molecule has 0 amide bonds. The van der Waals surface area contributed by atoms with Crippen LogP contribution in [0.25, 0.3) is 0 Å². The molecular formula is C12H21N3O. The maximum Gasteiger partial charge on any atom is 0.0506 e. The van der Waals surface area contributed by atoms with E-state index in [0.717, 1.165) is 24.3 Å². The molecule has 0 aliphatic heterocycles. The molecule has 1 aromatic carbocycles. The molecule has 2 unspecified atom stereocenters. The summed E-state index contributed by atoms with van der Waals surface area (Å²) in [5.41, 5.74) is 10.6.